The van der Waals surface area contributed by atoms with E-state index in [4.69, 9.17) is 9.84 Å². The van der Waals surface area contributed by atoms with E-state index in [0.717, 1.165) is 5.75 Å². The van der Waals surface area contributed by atoms with Crippen LogP contribution in [0.4, 0.5) is 0 Å². The van der Waals surface area contributed by atoms with Gasteiger partial charge in [-0.25, -0.2) is 0 Å². The SMILES string of the molecule is C[P+](=O)CC1OC(CO)CS1. The molecule has 1 heterocycles. The Kier molecular flexibility index (Phi) is 3.79. The summed E-state index contributed by atoms with van der Waals surface area (Å²) in [4.78, 5) is 0. The Hall–Kier alpha value is 0.370. The first-order valence-corrected chi connectivity index (χ1v) is 6.42. The molecule has 3 unspecified atom stereocenters. The topological polar surface area (TPSA) is 46.5 Å². The summed E-state index contributed by atoms with van der Waals surface area (Å²) in [5, 5.41) is 8.71. The molecular formula is C6H12O3PS+. The molecule has 1 rings (SSSR count). The zero-order valence-electron chi connectivity index (χ0n) is 6.40. The maximum atomic E-state index is 10.8. The molecule has 0 spiro atoms. The van der Waals surface area contributed by atoms with Crippen LogP contribution in [0.2, 0.25) is 0 Å². The number of hydrogen-bond acceptors (Lipinski definition) is 4. The van der Waals surface area contributed by atoms with E-state index in [1.54, 1.807) is 18.4 Å². The standard InChI is InChI=1S/C6H12O3PS/c1-10(8)3-6-9-5(2-7)4-11-6/h5-7H,2-4H2,1H3/q+1. The molecule has 1 N–H and O–H groups in total. The van der Waals surface area contributed by atoms with Crippen LogP contribution in [0.1, 0.15) is 0 Å². The smallest absolute Gasteiger partial charge is 0.339 e. The maximum Gasteiger partial charge on any atom is 0.339 e. The van der Waals surface area contributed by atoms with Gasteiger partial charge in [-0.1, -0.05) is 4.57 Å². The average Bonchev–Trinajstić information content (AvgIpc) is 2.34. The van der Waals surface area contributed by atoms with Gasteiger partial charge in [-0.05, 0) is 0 Å². The van der Waals surface area contributed by atoms with E-state index in [-0.39, 0.29) is 18.1 Å². The van der Waals surface area contributed by atoms with Crippen molar-refractivity contribution < 1.29 is 14.4 Å². The predicted octanol–water partition coefficient (Wildman–Crippen LogP) is 0.894. The van der Waals surface area contributed by atoms with E-state index in [0.29, 0.717) is 6.16 Å². The van der Waals surface area contributed by atoms with Gasteiger partial charge in [0.25, 0.3) is 0 Å². The first-order chi connectivity index (χ1) is 5.22. The molecular weight excluding hydrogens is 183 g/mol. The molecule has 1 fully saturated rings. The summed E-state index contributed by atoms with van der Waals surface area (Å²) < 4.78 is 16.1. The molecule has 1 aliphatic heterocycles. The number of rotatable bonds is 3. The van der Waals surface area contributed by atoms with Gasteiger partial charge >= 0.3 is 7.80 Å². The highest BCUT2D eigenvalue weighted by Crippen LogP contribution is 2.30. The fourth-order valence-corrected chi connectivity index (χ4v) is 3.32. The van der Waals surface area contributed by atoms with Crippen molar-refractivity contribution >= 4 is 19.6 Å². The van der Waals surface area contributed by atoms with Crippen LogP contribution < -0.4 is 0 Å². The minimum absolute atomic E-state index is 0.0417. The third-order valence-electron chi connectivity index (χ3n) is 1.42. The molecule has 11 heavy (non-hydrogen) atoms. The molecule has 1 saturated heterocycles. The zero-order chi connectivity index (χ0) is 8.27. The summed E-state index contributed by atoms with van der Waals surface area (Å²) in [6.45, 7) is 1.77. The lowest BCUT2D eigenvalue weighted by Gasteiger charge is -2.04. The summed E-state index contributed by atoms with van der Waals surface area (Å²) in [5.74, 6) is 0.824. The van der Waals surface area contributed by atoms with E-state index >= 15 is 0 Å². The van der Waals surface area contributed by atoms with Gasteiger partial charge in [0, 0.05) is 5.75 Å². The minimum Gasteiger partial charge on any atom is -0.394 e. The maximum absolute atomic E-state index is 10.8. The number of ether oxygens (including phenoxy) is 1. The molecule has 3 nitrogen and oxygen atoms in total. The highest BCUT2D eigenvalue weighted by molar-refractivity contribution is 8.00. The zero-order valence-corrected chi connectivity index (χ0v) is 8.11. The molecule has 0 aromatic rings. The van der Waals surface area contributed by atoms with Gasteiger partial charge in [0.05, 0.1) is 12.7 Å². The van der Waals surface area contributed by atoms with Gasteiger partial charge in [0.2, 0.25) is 0 Å². The van der Waals surface area contributed by atoms with Gasteiger partial charge < -0.3 is 9.84 Å². The lowest BCUT2D eigenvalue weighted by Crippen LogP contribution is -2.17. The molecule has 0 radical (unpaired) electrons. The van der Waals surface area contributed by atoms with Crippen molar-refractivity contribution in [1.82, 2.24) is 0 Å². The molecule has 64 valence electrons. The van der Waals surface area contributed by atoms with Crippen molar-refractivity contribution in [3.63, 3.8) is 0 Å². The van der Waals surface area contributed by atoms with Gasteiger partial charge in [-0.15, -0.1) is 11.8 Å². The summed E-state index contributed by atoms with van der Waals surface area (Å²) in [7, 11) is -1.11. The molecule has 0 aliphatic carbocycles. The second-order valence-electron chi connectivity index (χ2n) is 2.51. The fraction of sp³-hybridized carbons (Fsp3) is 1.00. The molecule has 0 bridgehead atoms. The van der Waals surface area contributed by atoms with Crippen LogP contribution >= 0.6 is 19.6 Å². The molecule has 0 amide bonds. The van der Waals surface area contributed by atoms with Crippen molar-refractivity contribution in [1.29, 1.82) is 0 Å². The third kappa shape index (κ3) is 3.08. The largest absolute Gasteiger partial charge is 0.394 e. The van der Waals surface area contributed by atoms with Crippen LogP contribution in [0.15, 0.2) is 0 Å². The highest BCUT2D eigenvalue weighted by atomic mass is 32.2. The Morgan fingerprint density at radius 2 is 2.55 bits per heavy atom. The Bertz CT molecular complexity index is 153. The Labute approximate surface area is 71.3 Å². The van der Waals surface area contributed by atoms with Crippen molar-refractivity contribution in [2.75, 3.05) is 25.2 Å². The van der Waals surface area contributed by atoms with E-state index in [9.17, 15) is 4.57 Å². The Morgan fingerprint density at radius 1 is 1.82 bits per heavy atom. The van der Waals surface area contributed by atoms with E-state index in [1.165, 1.54) is 0 Å². The highest BCUT2D eigenvalue weighted by Gasteiger charge is 2.29. The van der Waals surface area contributed by atoms with Gasteiger partial charge in [0.15, 0.2) is 6.16 Å². The summed E-state index contributed by atoms with van der Waals surface area (Å²) in [6.07, 6.45) is 0.566. The molecule has 3 atom stereocenters. The second kappa shape index (κ2) is 4.41. The molecule has 0 aromatic heterocycles. The van der Waals surface area contributed by atoms with Crippen molar-refractivity contribution in [2.24, 2.45) is 0 Å². The predicted molar refractivity (Wildman–Crippen MR) is 46.6 cm³/mol. The third-order valence-corrected chi connectivity index (χ3v) is 3.73. The quantitative estimate of drug-likeness (QED) is 0.679. The number of aliphatic hydroxyl groups is 1. The number of thioether (sulfide) groups is 1. The van der Waals surface area contributed by atoms with Crippen molar-refractivity contribution in [3.05, 3.63) is 0 Å². The Balaban J connectivity index is 2.24. The van der Waals surface area contributed by atoms with Crippen LogP contribution in [-0.2, 0) is 9.30 Å². The lowest BCUT2D eigenvalue weighted by molar-refractivity contribution is 0.0352. The van der Waals surface area contributed by atoms with Crippen LogP contribution in [0, 0.1) is 0 Å². The minimum atomic E-state index is -1.11. The number of hydrogen-bond donors (Lipinski definition) is 1. The molecule has 1 aliphatic rings. The second-order valence-corrected chi connectivity index (χ2v) is 5.33. The molecule has 0 saturated carbocycles. The fourth-order valence-electron chi connectivity index (χ4n) is 0.909. The average molecular weight is 195 g/mol. The lowest BCUT2D eigenvalue weighted by atomic mass is 10.4. The van der Waals surface area contributed by atoms with Crippen LogP contribution in [0.25, 0.3) is 0 Å². The first kappa shape index (κ1) is 9.46. The van der Waals surface area contributed by atoms with E-state index in [1.807, 2.05) is 0 Å². The van der Waals surface area contributed by atoms with Gasteiger partial charge in [-0.2, -0.15) is 0 Å². The number of aliphatic hydroxyl groups excluding tert-OH is 1. The molecule has 5 heteroatoms. The van der Waals surface area contributed by atoms with Crippen molar-refractivity contribution in [3.8, 4) is 0 Å². The van der Waals surface area contributed by atoms with Crippen LogP contribution in [0.5, 0.6) is 0 Å². The first-order valence-electron chi connectivity index (χ1n) is 3.48. The van der Waals surface area contributed by atoms with Gasteiger partial charge in [-0.3, -0.25) is 0 Å². The summed E-state index contributed by atoms with van der Waals surface area (Å²) in [6, 6.07) is 0. The van der Waals surface area contributed by atoms with E-state index < -0.39 is 7.80 Å². The van der Waals surface area contributed by atoms with Crippen LogP contribution in [-0.4, -0.2) is 41.8 Å². The Morgan fingerprint density at radius 3 is 3.00 bits per heavy atom. The van der Waals surface area contributed by atoms with Crippen LogP contribution in [0.3, 0.4) is 0 Å². The van der Waals surface area contributed by atoms with Gasteiger partial charge in [0.1, 0.15) is 12.1 Å². The molecule has 0 aromatic carbocycles. The summed E-state index contributed by atoms with van der Waals surface area (Å²) in [5.41, 5.74) is 0.0424. The summed E-state index contributed by atoms with van der Waals surface area (Å²) >= 11 is 1.64. The monoisotopic (exact) mass is 195 g/mol. The normalized spacial score (nSPS) is 32.4. The van der Waals surface area contributed by atoms with Crippen molar-refractivity contribution in [2.45, 2.75) is 11.5 Å². The van der Waals surface area contributed by atoms with E-state index in [2.05, 4.69) is 0 Å².